The van der Waals surface area contributed by atoms with Crippen LogP contribution in [0.5, 0.6) is 5.75 Å². The molecule has 104 valence electrons. The lowest BCUT2D eigenvalue weighted by molar-refractivity contribution is 0.406. The minimum atomic E-state index is 0.693. The molecule has 0 fully saturated rings. The number of fused-ring (bicyclic) bond motifs is 1. The molecule has 0 atom stereocenters. The van der Waals surface area contributed by atoms with Gasteiger partial charge in [-0.1, -0.05) is 12.1 Å². The first kappa shape index (κ1) is 12.8. The van der Waals surface area contributed by atoms with E-state index in [9.17, 15) is 0 Å². The normalized spacial score (nSPS) is 11.1. The van der Waals surface area contributed by atoms with Gasteiger partial charge in [0, 0.05) is 18.4 Å². The fourth-order valence-electron chi connectivity index (χ4n) is 2.22. The van der Waals surface area contributed by atoms with Crippen molar-refractivity contribution >= 4 is 11.0 Å². The molecule has 0 bridgehead atoms. The average Bonchev–Trinajstić information content (AvgIpc) is 3.11. The van der Waals surface area contributed by atoms with Gasteiger partial charge in [0.25, 0.3) is 0 Å². The predicted molar refractivity (Wildman–Crippen MR) is 76.9 cm³/mol. The Morgan fingerprint density at radius 1 is 1.15 bits per heavy atom. The van der Waals surface area contributed by atoms with E-state index in [0.717, 1.165) is 41.2 Å². The molecule has 0 unspecified atom stereocenters. The molecule has 3 rings (SSSR count). The third kappa shape index (κ3) is 2.70. The van der Waals surface area contributed by atoms with Gasteiger partial charge in [0.05, 0.1) is 19.9 Å². The number of hydrogen-bond donors (Lipinski definition) is 1. The minimum absolute atomic E-state index is 0.693. The number of rotatable bonds is 6. The molecule has 1 aromatic carbocycles. The van der Waals surface area contributed by atoms with Crippen LogP contribution in [0.15, 0.2) is 51.5 Å². The number of methoxy groups -OCH3 is 1. The first-order valence-electron chi connectivity index (χ1n) is 6.65. The third-order valence-corrected chi connectivity index (χ3v) is 3.21. The van der Waals surface area contributed by atoms with Crippen molar-refractivity contribution in [1.82, 2.24) is 5.32 Å². The van der Waals surface area contributed by atoms with Crippen LogP contribution in [0.3, 0.4) is 0 Å². The molecule has 0 aliphatic heterocycles. The summed E-state index contributed by atoms with van der Waals surface area (Å²) in [7, 11) is 1.65. The van der Waals surface area contributed by atoms with Crippen molar-refractivity contribution in [3.05, 3.63) is 54.2 Å². The van der Waals surface area contributed by atoms with Crippen molar-refractivity contribution in [2.75, 3.05) is 13.7 Å². The quantitative estimate of drug-likeness (QED) is 0.698. The van der Waals surface area contributed by atoms with Gasteiger partial charge in [-0.3, -0.25) is 0 Å². The molecule has 3 aromatic rings. The zero-order valence-corrected chi connectivity index (χ0v) is 11.4. The van der Waals surface area contributed by atoms with E-state index < -0.39 is 0 Å². The maximum Gasteiger partial charge on any atom is 0.176 e. The minimum Gasteiger partial charge on any atom is -0.493 e. The van der Waals surface area contributed by atoms with Crippen LogP contribution in [0, 0.1) is 0 Å². The highest BCUT2D eigenvalue weighted by Gasteiger charge is 2.08. The van der Waals surface area contributed by atoms with Crippen LogP contribution in [-0.4, -0.2) is 13.7 Å². The van der Waals surface area contributed by atoms with E-state index in [2.05, 4.69) is 5.32 Å². The van der Waals surface area contributed by atoms with Gasteiger partial charge in [0.15, 0.2) is 11.3 Å². The highest BCUT2D eigenvalue weighted by Crippen LogP contribution is 2.28. The SMILES string of the molecule is COc1cccc2cc(CNCCc3ccco3)oc12. The standard InChI is InChI=1S/C16H17NO3/c1-18-15-6-2-4-12-10-14(20-16(12)15)11-17-8-7-13-5-3-9-19-13/h2-6,9-10,17H,7-8,11H2,1H3. The lowest BCUT2D eigenvalue weighted by atomic mass is 10.2. The summed E-state index contributed by atoms with van der Waals surface area (Å²) in [5.74, 6) is 2.66. The van der Waals surface area contributed by atoms with Crippen LogP contribution >= 0.6 is 0 Å². The zero-order chi connectivity index (χ0) is 13.8. The van der Waals surface area contributed by atoms with Gasteiger partial charge in [-0.15, -0.1) is 0 Å². The summed E-state index contributed by atoms with van der Waals surface area (Å²) < 4.78 is 16.4. The molecule has 0 saturated heterocycles. The summed E-state index contributed by atoms with van der Waals surface area (Å²) >= 11 is 0. The zero-order valence-electron chi connectivity index (χ0n) is 11.4. The number of ether oxygens (including phenoxy) is 1. The molecule has 4 heteroatoms. The Morgan fingerprint density at radius 3 is 2.90 bits per heavy atom. The summed E-state index contributed by atoms with van der Waals surface area (Å²) in [5, 5.41) is 4.41. The van der Waals surface area contributed by atoms with E-state index in [1.807, 2.05) is 36.4 Å². The van der Waals surface area contributed by atoms with Crippen molar-refractivity contribution < 1.29 is 13.6 Å². The molecule has 20 heavy (non-hydrogen) atoms. The van der Waals surface area contributed by atoms with Gasteiger partial charge in [0.2, 0.25) is 0 Å². The van der Waals surface area contributed by atoms with E-state index in [-0.39, 0.29) is 0 Å². The van der Waals surface area contributed by atoms with Gasteiger partial charge in [0.1, 0.15) is 11.5 Å². The van der Waals surface area contributed by atoms with Crippen LogP contribution in [0.25, 0.3) is 11.0 Å². The maximum absolute atomic E-state index is 5.82. The third-order valence-electron chi connectivity index (χ3n) is 3.21. The topological polar surface area (TPSA) is 47.5 Å². The van der Waals surface area contributed by atoms with E-state index in [1.54, 1.807) is 13.4 Å². The van der Waals surface area contributed by atoms with Crippen LogP contribution in [0.1, 0.15) is 11.5 Å². The molecule has 0 amide bonds. The molecule has 0 spiro atoms. The summed E-state index contributed by atoms with van der Waals surface area (Å²) in [6, 6.07) is 11.8. The van der Waals surface area contributed by atoms with Crippen LogP contribution in [0.2, 0.25) is 0 Å². The molecule has 2 heterocycles. The van der Waals surface area contributed by atoms with E-state index in [0.29, 0.717) is 6.54 Å². The molecule has 4 nitrogen and oxygen atoms in total. The Labute approximate surface area is 117 Å². The summed E-state index contributed by atoms with van der Waals surface area (Å²) in [4.78, 5) is 0. The second kappa shape index (κ2) is 5.84. The number of hydrogen-bond acceptors (Lipinski definition) is 4. The fraction of sp³-hybridized carbons (Fsp3) is 0.250. The Hall–Kier alpha value is -2.20. The molecule has 0 aliphatic rings. The van der Waals surface area contributed by atoms with Gasteiger partial charge in [-0.25, -0.2) is 0 Å². The molecule has 0 saturated carbocycles. The molecule has 2 aromatic heterocycles. The number of benzene rings is 1. The molecular formula is C16H17NO3. The number of furan rings is 2. The lowest BCUT2D eigenvalue weighted by Crippen LogP contribution is -2.15. The van der Waals surface area contributed by atoms with Gasteiger partial charge >= 0.3 is 0 Å². The number of para-hydroxylation sites is 1. The van der Waals surface area contributed by atoms with Crippen molar-refractivity contribution in [1.29, 1.82) is 0 Å². The van der Waals surface area contributed by atoms with Crippen LogP contribution in [0.4, 0.5) is 0 Å². The summed E-state index contributed by atoms with van der Waals surface area (Å²) in [6.45, 7) is 1.54. The predicted octanol–water partition coefficient (Wildman–Crippen LogP) is 3.37. The van der Waals surface area contributed by atoms with Crippen molar-refractivity contribution in [2.45, 2.75) is 13.0 Å². The smallest absolute Gasteiger partial charge is 0.176 e. The Kier molecular flexibility index (Phi) is 3.74. The fourth-order valence-corrected chi connectivity index (χ4v) is 2.22. The maximum atomic E-state index is 5.82. The Balaban J connectivity index is 1.60. The van der Waals surface area contributed by atoms with Gasteiger partial charge < -0.3 is 18.9 Å². The number of nitrogens with one attached hydrogen (secondary N) is 1. The van der Waals surface area contributed by atoms with Gasteiger partial charge in [-0.05, 0) is 24.3 Å². The first-order chi connectivity index (χ1) is 9.86. The first-order valence-corrected chi connectivity index (χ1v) is 6.65. The lowest BCUT2D eigenvalue weighted by Gasteiger charge is -2.01. The van der Waals surface area contributed by atoms with Crippen molar-refractivity contribution in [3.63, 3.8) is 0 Å². The van der Waals surface area contributed by atoms with E-state index in [4.69, 9.17) is 13.6 Å². The Morgan fingerprint density at radius 2 is 2.10 bits per heavy atom. The molecule has 0 radical (unpaired) electrons. The van der Waals surface area contributed by atoms with Gasteiger partial charge in [-0.2, -0.15) is 0 Å². The Bertz CT molecular complexity index is 670. The highest BCUT2D eigenvalue weighted by atomic mass is 16.5. The van der Waals surface area contributed by atoms with Crippen LogP contribution in [-0.2, 0) is 13.0 Å². The highest BCUT2D eigenvalue weighted by molar-refractivity contribution is 5.83. The van der Waals surface area contributed by atoms with E-state index >= 15 is 0 Å². The monoisotopic (exact) mass is 271 g/mol. The largest absolute Gasteiger partial charge is 0.493 e. The van der Waals surface area contributed by atoms with Crippen molar-refractivity contribution in [3.8, 4) is 5.75 Å². The second-order valence-electron chi connectivity index (χ2n) is 4.60. The summed E-state index contributed by atoms with van der Waals surface area (Å²) in [5.41, 5.74) is 0.804. The van der Waals surface area contributed by atoms with Crippen molar-refractivity contribution in [2.24, 2.45) is 0 Å². The van der Waals surface area contributed by atoms with Crippen LogP contribution < -0.4 is 10.1 Å². The summed E-state index contributed by atoms with van der Waals surface area (Å²) in [6.07, 6.45) is 2.57. The molecule has 1 N–H and O–H groups in total. The molecular weight excluding hydrogens is 254 g/mol. The average molecular weight is 271 g/mol. The van der Waals surface area contributed by atoms with E-state index in [1.165, 1.54) is 0 Å². The molecule has 0 aliphatic carbocycles. The second-order valence-corrected chi connectivity index (χ2v) is 4.60.